The SMILES string of the molecule is COc1ccc(/C(C)=N\NC(=O)CNC(=O)c2ccccn2)cc1OC. The van der Waals surface area contributed by atoms with Gasteiger partial charge in [-0.15, -0.1) is 0 Å². The highest BCUT2D eigenvalue weighted by Crippen LogP contribution is 2.27. The summed E-state index contributed by atoms with van der Waals surface area (Å²) in [5.74, 6) is 0.286. The van der Waals surface area contributed by atoms with Crippen molar-refractivity contribution in [2.75, 3.05) is 20.8 Å². The molecule has 0 radical (unpaired) electrons. The first-order valence-corrected chi connectivity index (χ1v) is 7.80. The van der Waals surface area contributed by atoms with Crippen LogP contribution in [0.4, 0.5) is 0 Å². The number of hydrogen-bond acceptors (Lipinski definition) is 6. The number of benzene rings is 1. The van der Waals surface area contributed by atoms with Crippen molar-refractivity contribution in [2.45, 2.75) is 6.92 Å². The zero-order chi connectivity index (χ0) is 18.9. The van der Waals surface area contributed by atoms with Crippen molar-refractivity contribution in [3.63, 3.8) is 0 Å². The number of rotatable bonds is 7. The maximum Gasteiger partial charge on any atom is 0.270 e. The quantitative estimate of drug-likeness (QED) is 0.576. The van der Waals surface area contributed by atoms with Crippen molar-refractivity contribution in [3.8, 4) is 11.5 Å². The van der Waals surface area contributed by atoms with E-state index < -0.39 is 11.8 Å². The van der Waals surface area contributed by atoms with Crippen LogP contribution in [-0.2, 0) is 4.79 Å². The van der Waals surface area contributed by atoms with Gasteiger partial charge in [0.25, 0.3) is 11.8 Å². The van der Waals surface area contributed by atoms with Gasteiger partial charge in [0.05, 0.1) is 26.5 Å². The number of ether oxygens (including phenoxy) is 2. The third-order valence-electron chi connectivity index (χ3n) is 3.46. The fourth-order valence-corrected chi connectivity index (χ4v) is 2.06. The average molecular weight is 356 g/mol. The van der Waals surface area contributed by atoms with E-state index in [1.165, 1.54) is 6.20 Å². The van der Waals surface area contributed by atoms with Crippen LogP contribution < -0.4 is 20.2 Å². The lowest BCUT2D eigenvalue weighted by atomic mass is 10.1. The minimum absolute atomic E-state index is 0.210. The van der Waals surface area contributed by atoms with E-state index >= 15 is 0 Å². The first-order valence-electron chi connectivity index (χ1n) is 7.80. The van der Waals surface area contributed by atoms with Gasteiger partial charge in [-0.25, -0.2) is 5.43 Å². The van der Waals surface area contributed by atoms with Gasteiger partial charge in [0.2, 0.25) is 0 Å². The second-order valence-electron chi connectivity index (χ2n) is 5.20. The van der Waals surface area contributed by atoms with Crippen LogP contribution in [0.25, 0.3) is 0 Å². The first-order chi connectivity index (χ1) is 12.5. The van der Waals surface area contributed by atoms with Gasteiger partial charge in [0.15, 0.2) is 11.5 Å². The van der Waals surface area contributed by atoms with Crippen LogP contribution >= 0.6 is 0 Å². The Morgan fingerprint density at radius 1 is 1.12 bits per heavy atom. The van der Waals surface area contributed by atoms with Gasteiger partial charge in [-0.1, -0.05) is 6.07 Å². The number of amides is 2. The number of aromatic nitrogens is 1. The van der Waals surface area contributed by atoms with E-state index in [0.717, 1.165) is 5.56 Å². The van der Waals surface area contributed by atoms with Crippen LogP contribution in [0.2, 0.25) is 0 Å². The zero-order valence-corrected chi connectivity index (χ0v) is 14.8. The minimum Gasteiger partial charge on any atom is -0.493 e. The summed E-state index contributed by atoms with van der Waals surface area (Å²) in [6, 6.07) is 10.3. The molecule has 8 heteroatoms. The maximum atomic E-state index is 11.8. The Morgan fingerprint density at radius 2 is 1.88 bits per heavy atom. The lowest BCUT2D eigenvalue weighted by Gasteiger charge is -2.09. The molecule has 2 N–H and O–H groups in total. The molecular weight excluding hydrogens is 336 g/mol. The van der Waals surface area contributed by atoms with E-state index in [1.54, 1.807) is 57.5 Å². The Labute approximate surface area is 151 Å². The van der Waals surface area contributed by atoms with E-state index in [1.807, 2.05) is 0 Å². The monoisotopic (exact) mass is 356 g/mol. The van der Waals surface area contributed by atoms with Crippen LogP contribution in [0.1, 0.15) is 23.0 Å². The third kappa shape index (κ3) is 5.04. The number of hydrogen-bond donors (Lipinski definition) is 2. The molecule has 1 aromatic carbocycles. The van der Waals surface area contributed by atoms with E-state index in [4.69, 9.17) is 9.47 Å². The van der Waals surface area contributed by atoms with Gasteiger partial charge < -0.3 is 14.8 Å². The number of hydrazone groups is 1. The van der Waals surface area contributed by atoms with Crippen molar-refractivity contribution in [1.29, 1.82) is 0 Å². The Kier molecular flexibility index (Phi) is 6.67. The molecule has 1 aromatic heterocycles. The highest BCUT2D eigenvalue weighted by atomic mass is 16.5. The van der Waals surface area contributed by atoms with Gasteiger partial charge in [-0.05, 0) is 37.3 Å². The third-order valence-corrected chi connectivity index (χ3v) is 3.46. The highest BCUT2D eigenvalue weighted by molar-refractivity contribution is 6.00. The molecule has 1 heterocycles. The van der Waals surface area contributed by atoms with Crippen molar-refractivity contribution in [3.05, 3.63) is 53.9 Å². The molecule has 0 saturated heterocycles. The van der Waals surface area contributed by atoms with Crippen LogP contribution in [0.5, 0.6) is 11.5 Å². The Balaban J connectivity index is 1.92. The predicted molar refractivity (Wildman–Crippen MR) is 96.5 cm³/mol. The summed E-state index contributed by atoms with van der Waals surface area (Å²) < 4.78 is 10.4. The van der Waals surface area contributed by atoms with Crippen LogP contribution in [-0.4, -0.2) is 43.3 Å². The van der Waals surface area contributed by atoms with Crippen LogP contribution in [0, 0.1) is 0 Å². The molecule has 0 spiro atoms. The molecule has 2 aromatic rings. The predicted octanol–water partition coefficient (Wildman–Crippen LogP) is 1.37. The van der Waals surface area contributed by atoms with Gasteiger partial charge in [-0.3, -0.25) is 14.6 Å². The van der Waals surface area contributed by atoms with E-state index in [-0.39, 0.29) is 12.2 Å². The number of methoxy groups -OCH3 is 2. The normalized spacial score (nSPS) is 10.8. The number of carbonyl (C=O) groups excluding carboxylic acids is 2. The number of nitrogens with one attached hydrogen (secondary N) is 2. The Bertz CT molecular complexity index is 806. The summed E-state index contributed by atoms with van der Waals surface area (Å²) in [5, 5.41) is 6.51. The largest absolute Gasteiger partial charge is 0.493 e. The molecule has 0 unspecified atom stereocenters. The number of nitrogens with zero attached hydrogens (tertiary/aromatic N) is 2. The molecule has 0 aliphatic rings. The maximum absolute atomic E-state index is 11.8. The fourth-order valence-electron chi connectivity index (χ4n) is 2.06. The van der Waals surface area contributed by atoms with Crippen LogP contribution in [0.15, 0.2) is 47.7 Å². The Morgan fingerprint density at radius 3 is 2.54 bits per heavy atom. The lowest BCUT2D eigenvalue weighted by Crippen LogP contribution is -2.35. The minimum atomic E-state index is -0.450. The van der Waals surface area contributed by atoms with E-state index in [0.29, 0.717) is 17.2 Å². The molecule has 0 atom stereocenters. The zero-order valence-electron chi connectivity index (χ0n) is 14.8. The molecule has 0 fully saturated rings. The second kappa shape index (κ2) is 9.16. The molecule has 2 amide bonds. The van der Waals surface area contributed by atoms with Crippen molar-refractivity contribution >= 4 is 17.5 Å². The molecule has 26 heavy (non-hydrogen) atoms. The van der Waals surface area contributed by atoms with Gasteiger partial charge in [0.1, 0.15) is 5.69 Å². The number of carbonyl (C=O) groups is 2. The fraction of sp³-hybridized carbons (Fsp3) is 0.222. The molecule has 8 nitrogen and oxygen atoms in total. The Hall–Kier alpha value is -3.42. The van der Waals surface area contributed by atoms with Crippen molar-refractivity contribution < 1.29 is 19.1 Å². The summed E-state index contributed by atoms with van der Waals surface area (Å²) in [7, 11) is 3.10. The smallest absolute Gasteiger partial charge is 0.270 e. The molecule has 0 saturated carbocycles. The second-order valence-corrected chi connectivity index (χ2v) is 5.20. The first kappa shape index (κ1) is 18.9. The molecule has 0 aliphatic heterocycles. The van der Waals surface area contributed by atoms with Gasteiger partial charge in [0, 0.05) is 11.8 Å². The summed E-state index contributed by atoms with van der Waals surface area (Å²) in [4.78, 5) is 27.6. The van der Waals surface area contributed by atoms with E-state index in [9.17, 15) is 9.59 Å². The summed E-state index contributed by atoms with van der Waals surface area (Å²) >= 11 is 0. The standard InChI is InChI=1S/C18H20N4O4/c1-12(13-7-8-15(25-2)16(10-13)26-3)21-22-17(23)11-20-18(24)14-6-4-5-9-19-14/h4-10H,11H2,1-3H3,(H,20,24)(H,22,23)/b21-12-. The lowest BCUT2D eigenvalue weighted by molar-refractivity contribution is -0.120. The molecule has 2 rings (SSSR count). The van der Waals surface area contributed by atoms with Crippen molar-refractivity contribution in [1.82, 2.24) is 15.7 Å². The highest BCUT2D eigenvalue weighted by Gasteiger charge is 2.09. The van der Waals surface area contributed by atoms with Gasteiger partial charge >= 0.3 is 0 Å². The summed E-state index contributed by atoms with van der Waals surface area (Å²) in [6.07, 6.45) is 1.51. The van der Waals surface area contributed by atoms with Crippen LogP contribution in [0.3, 0.4) is 0 Å². The molecular formula is C18H20N4O4. The topological polar surface area (TPSA) is 102 Å². The molecule has 0 bridgehead atoms. The van der Waals surface area contributed by atoms with Gasteiger partial charge in [-0.2, -0.15) is 5.10 Å². The number of pyridine rings is 1. The summed E-state index contributed by atoms with van der Waals surface area (Å²) in [5.41, 5.74) is 3.98. The molecule has 0 aliphatic carbocycles. The molecule has 136 valence electrons. The average Bonchev–Trinajstić information content (AvgIpc) is 2.70. The summed E-state index contributed by atoms with van der Waals surface area (Å²) in [6.45, 7) is 1.53. The van der Waals surface area contributed by atoms with E-state index in [2.05, 4.69) is 20.8 Å². The van der Waals surface area contributed by atoms with Crippen molar-refractivity contribution in [2.24, 2.45) is 5.10 Å².